The zero-order valence-electron chi connectivity index (χ0n) is 16.2. The number of hydrogen-bond acceptors (Lipinski definition) is 4. The van der Waals surface area contributed by atoms with Crippen molar-refractivity contribution in [3.8, 4) is 0 Å². The van der Waals surface area contributed by atoms with Crippen molar-refractivity contribution >= 4 is 17.7 Å². The van der Waals surface area contributed by atoms with Crippen LogP contribution in [0.15, 0.2) is 24.4 Å². The molecule has 1 atom stereocenters. The highest BCUT2D eigenvalue weighted by molar-refractivity contribution is 5.92. The van der Waals surface area contributed by atoms with E-state index in [1.54, 1.807) is 12.3 Å². The average Bonchev–Trinajstić information content (AvgIpc) is 3.20. The van der Waals surface area contributed by atoms with E-state index in [2.05, 4.69) is 10.3 Å². The van der Waals surface area contributed by atoms with Crippen molar-refractivity contribution in [1.29, 1.82) is 0 Å². The van der Waals surface area contributed by atoms with Crippen LogP contribution in [-0.4, -0.2) is 64.7 Å². The minimum Gasteiger partial charge on any atom is -0.344 e. The van der Waals surface area contributed by atoms with Crippen molar-refractivity contribution in [2.75, 3.05) is 26.2 Å². The molecule has 4 rings (SSSR count). The summed E-state index contributed by atoms with van der Waals surface area (Å²) in [5, 5.41) is 2.78. The lowest BCUT2D eigenvalue weighted by Gasteiger charge is -2.40. The topological polar surface area (TPSA) is 82.6 Å². The minimum atomic E-state index is -0.315. The Morgan fingerprint density at radius 3 is 2.11 bits per heavy atom. The number of carbonyl (C=O) groups excluding carboxylic acids is 3. The molecule has 1 unspecified atom stereocenters. The van der Waals surface area contributed by atoms with Crippen molar-refractivity contribution in [1.82, 2.24) is 20.1 Å². The maximum Gasteiger partial charge on any atom is 0.272 e. The van der Waals surface area contributed by atoms with Gasteiger partial charge in [-0.3, -0.25) is 19.4 Å². The lowest BCUT2D eigenvalue weighted by atomic mass is 9.78. The Kier molecular flexibility index (Phi) is 5.59. The lowest BCUT2D eigenvalue weighted by molar-refractivity contribution is -0.136. The Balaban J connectivity index is 1.23. The summed E-state index contributed by atoms with van der Waals surface area (Å²) in [5.74, 6) is 1.34. The fourth-order valence-corrected chi connectivity index (χ4v) is 4.84. The van der Waals surface area contributed by atoms with Gasteiger partial charge in [-0.15, -0.1) is 0 Å². The second-order valence-corrected chi connectivity index (χ2v) is 8.17. The van der Waals surface area contributed by atoms with Gasteiger partial charge in [-0.05, 0) is 56.1 Å². The number of likely N-dealkylation sites (tertiary alicyclic amines) is 2. The van der Waals surface area contributed by atoms with Crippen LogP contribution in [0.2, 0.25) is 0 Å². The molecule has 3 amide bonds. The van der Waals surface area contributed by atoms with Gasteiger partial charge >= 0.3 is 0 Å². The molecule has 3 saturated heterocycles. The molecule has 0 spiro atoms. The molecular formula is C21H28N4O3. The zero-order chi connectivity index (χ0) is 19.5. The standard InChI is InChI=1S/C21H28N4O3/c26-19-5-4-18(23-19)21(28)25-13-8-16(9-14-25)15-6-11-24(12-7-15)20(27)17-3-1-2-10-22-17/h1-3,10,15-16,18H,4-9,11-14H2,(H,23,26). The Labute approximate surface area is 165 Å². The van der Waals surface area contributed by atoms with Crippen molar-refractivity contribution in [3.05, 3.63) is 30.1 Å². The fraction of sp³-hybridized carbons (Fsp3) is 0.619. The predicted octanol–water partition coefficient (Wildman–Crippen LogP) is 1.45. The number of rotatable bonds is 3. The summed E-state index contributed by atoms with van der Waals surface area (Å²) < 4.78 is 0. The van der Waals surface area contributed by atoms with Crippen LogP contribution in [0, 0.1) is 11.8 Å². The molecule has 3 fully saturated rings. The molecule has 150 valence electrons. The highest BCUT2D eigenvalue weighted by atomic mass is 16.2. The van der Waals surface area contributed by atoms with Gasteiger partial charge in [-0.25, -0.2) is 0 Å². The highest BCUT2D eigenvalue weighted by Gasteiger charge is 2.35. The normalized spacial score (nSPS) is 24.3. The molecule has 1 aromatic rings. The van der Waals surface area contributed by atoms with Gasteiger partial charge < -0.3 is 15.1 Å². The van der Waals surface area contributed by atoms with Gasteiger partial charge in [0.05, 0.1) is 0 Å². The van der Waals surface area contributed by atoms with Gasteiger partial charge in [0.2, 0.25) is 11.8 Å². The summed E-state index contributed by atoms with van der Waals surface area (Å²) in [4.78, 5) is 44.4. The Morgan fingerprint density at radius 1 is 0.929 bits per heavy atom. The van der Waals surface area contributed by atoms with E-state index in [0.29, 0.717) is 30.4 Å². The van der Waals surface area contributed by atoms with E-state index < -0.39 is 0 Å². The first kappa shape index (κ1) is 18.9. The van der Waals surface area contributed by atoms with Gasteiger partial charge in [-0.1, -0.05) is 6.07 Å². The molecule has 0 aromatic carbocycles. The molecule has 28 heavy (non-hydrogen) atoms. The summed E-state index contributed by atoms with van der Waals surface area (Å²) in [6.45, 7) is 3.13. The first-order valence-electron chi connectivity index (χ1n) is 10.4. The van der Waals surface area contributed by atoms with Gasteiger partial charge in [0.25, 0.3) is 5.91 Å². The SMILES string of the molecule is O=C1CCC(C(=O)N2CCC(C3CCN(C(=O)c4ccccn4)CC3)CC2)N1. The van der Waals surface area contributed by atoms with E-state index in [-0.39, 0.29) is 23.8 Å². The van der Waals surface area contributed by atoms with Crippen LogP contribution in [0.25, 0.3) is 0 Å². The number of carbonyl (C=O) groups is 3. The second kappa shape index (κ2) is 8.29. The quantitative estimate of drug-likeness (QED) is 0.855. The second-order valence-electron chi connectivity index (χ2n) is 8.17. The zero-order valence-corrected chi connectivity index (χ0v) is 16.2. The van der Waals surface area contributed by atoms with Crippen LogP contribution < -0.4 is 5.32 Å². The monoisotopic (exact) mass is 384 g/mol. The van der Waals surface area contributed by atoms with E-state index >= 15 is 0 Å². The molecule has 4 heterocycles. The third-order valence-electron chi connectivity index (χ3n) is 6.52. The number of nitrogens with one attached hydrogen (secondary N) is 1. The largest absolute Gasteiger partial charge is 0.344 e. The molecule has 3 aliphatic heterocycles. The van der Waals surface area contributed by atoms with E-state index in [0.717, 1.165) is 51.9 Å². The Bertz CT molecular complexity index is 722. The lowest BCUT2D eigenvalue weighted by Crippen LogP contribution is -2.49. The Hall–Kier alpha value is -2.44. The van der Waals surface area contributed by atoms with Crippen LogP contribution in [0.1, 0.15) is 49.0 Å². The van der Waals surface area contributed by atoms with Crippen LogP contribution >= 0.6 is 0 Å². The first-order valence-corrected chi connectivity index (χ1v) is 10.4. The van der Waals surface area contributed by atoms with Crippen molar-refractivity contribution in [2.24, 2.45) is 11.8 Å². The van der Waals surface area contributed by atoms with E-state index in [4.69, 9.17) is 0 Å². The van der Waals surface area contributed by atoms with Gasteiger partial charge in [0.15, 0.2) is 0 Å². The molecule has 0 radical (unpaired) electrons. The molecule has 1 aromatic heterocycles. The molecule has 0 bridgehead atoms. The number of piperidine rings is 2. The van der Waals surface area contributed by atoms with Gasteiger partial charge in [0, 0.05) is 38.8 Å². The average molecular weight is 384 g/mol. The van der Waals surface area contributed by atoms with Crippen LogP contribution in [0.4, 0.5) is 0 Å². The smallest absolute Gasteiger partial charge is 0.272 e. The van der Waals surface area contributed by atoms with Crippen molar-refractivity contribution in [3.63, 3.8) is 0 Å². The molecule has 1 N–H and O–H groups in total. The molecule has 7 nitrogen and oxygen atoms in total. The number of aromatic nitrogens is 1. The summed E-state index contributed by atoms with van der Waals surface area (Å²) in [6, 6.07) is 5.12. The van der Waals surface area contributed by atoms with Crippen LogP contribution in [-0.2, 0) is 9.59 Å². The number of pyridine rings is 1. The number of hydrogen-bond donors (Lipinski definition) is 1. The number of amides is 3. The minimum absolute atomic E-state index is 0.0137. The first-order chi connectivity index (χ1) is 13.6. The summed E-state index contributed by atoms with van der Waals surface area (Å²) in [5.41, 5.74) is 0.520. The van der Waals surface area contributed by atoms with Gasteiger partial charge in [-0.2, -0.15) is 0 Å². The third-order valence-corrected chi connectivity index (χ3v) is 6.52. The fourth-order valence-electron chi connectivity index (χ4n) is 4.84. The molecule has 7 heteroatoms. The van der Waals surface area contributed by atoms with Crippen molar-refractivity contribution < 1.29 is 14.4 Å². The molecule has 0 aliphatic carbocycles. The maximum absolute atomic E-state index is 12.5. The van der Waals surface area contributed by atoms with Gasteiger partial charge in [0.1, 0.15) is 11.7 Å². The highest BCUT2D eigenvalue weighted by Crippen LogP contribution is 2.33. The van der Waals surface area contributed by atoms with E-state index in [1.807, 2.05) is 21.9 Å². The summed E-state index contributed by atoms with van der Waals surface area (Å²) >= 11 is 0. The van der Waals surface area contributed by atoms with E-state index in [9.17, 15) is 14.4 Å². The van der Waals surface area contributed by atoms with Crippen LogP contribution in [0.3, 0.4) is 0 Å². The molecule has 0 saturated carbocycles. The summed E-state index contributed by atoms with van der Waals surface area (Å²) in [7, 11) is 0. The predicted molar refractivity (Wildman–Crippen MR) is 103 cm³/mol. The Morgan fingerprint density at radius 2 is 1.57 bits per heavy atom. The summed E-state index contributed by atoms with van der Waals surface area (Å²) in [6.07, 6.45) is 6.83. The van der Waals surface area contributed by atoms with E-state index in [1.165, 1.54) is 0 Å². The molecular weight excluding hydrogens is 356 g/mol. The maximum atomic E-state index is 12.5. The number of nitrogens with zero attached hydrogens (tertiary/aromatic N) is 3. The molecule has 3 aliphatic rings. The van der Waals surface area contributed by atoms with Crippen LogP contribution in [0.5, 0.6) is 0 Å². The van der Waals surface area contributed by atoms with Crippen molar-refractivity contribution in [2.45, 2.75) is 44.6 Å². The third kappa shape index (κ3) is 4.03.